The van der Waals surface area contributed by atoms with Crippen LogP contribution in [0.2, 0.25) is 0 Å². The van der Waals surface area contributed by atoms with Crippen LogP contribution in [0.25, 0.3) is 0 Å². The van der Waals surface area contributed by atoms with E-state index in [0.717, 1.165) is 75.7 Å². The first-order valence-electron chi connectivity index (χ1n) is 11.5. The number of amides is 1. The summed E-state index contributed by atoms with van der Waals surface area (Å²) >= 11 is 0. The van der Waals surface area contributed by atoms with E-state index >= 15 is 0 Å². The first-order valence-corrected chi connectivity index (χ1v) is 11.5. The second-order valence-electron chi connectivity index (χ2n) is 8.66. The summed E-state index contributed by atoms with van der Waals surface area (Å²) in [7, 11) is 0. The van der Waals surface area contributed by atoms with Gasteiger partial charge < -0.3 is 14.4 Å². The lowest BCUT2D eigenvalue weighted by molar-refractivity contribution is -0.127. The van der Waals surface area contributed by atoms with E-state index in [4.69, 9.17) is 9.47 Å². The molecule has 6 heteroatoms. The maximum atomic E-state index is 12.6. The Hall–Kier alpha value is -3.01. The molecule has 0 bridgehead atoms. The fourth-order valence-electron chi connectivity index (χ4n) is 4.75. The Morgan fingerprint density at radius 1 is 0.969 bits per heavy atom. The monoisotopic (exact) mass is 431 g/mol. The van der Waals surface area contributed by atoms with Crippen LogP contribution in [0.5, 0.6) is 11.5 Å². The van der Waals surface area contributed by atoms with Crippen molar-refractivity contribution in [3.63, 3.8) is 0 Å². The number of likely N-dealkylation sites (tertiary alicyclic amines) is 1. The van der Waals surface area contributed by atoms with Gasteiger partial charge in [0.15, 0.2) is 11.5 Å². The molecule has 3 aliphatic rings. The molecule has 2 aromatic rings. The standard InChI is InChI=1S/C26H29N3O3/c30-26(11-9-21-5-2-1-3-6-21)29-12-4-7-23(19-29)28-15-13-27(14-16-28)18-22-8-10-24-25(17-22)32-20-31-24/h1-3,5-6,8,10,17,23H,4,7,12-16,18-20H2/t23-/m0/s1. The normalized spacial score (nSPS) is 21.1. The molecule has 1 atom stereocenters. The number of fused-ring (bicyclic) bond motifs is 1. The molecule has 166 valence electrons. The van der Waals surface area contributed by atoms with Gasteiger partial charge in [-0.2, -0.15) is 0 Å². The molecule has 0 aliphatic carbocycles. The molecule has 0 saturated carbocycles. The van der Waals surface area contributed by atoms with Crippen LogP contribution in [0, 0.1) is 11.8 Å². The van der Waals surface area contributed by atoms with E-state index < -0.39 is 0 Å². The van der Waals surface area contributed by atoms with E-state index in [1.807, 2.05) is 41.3 Å². The van der Waals surface area contributed by atoms with Crippen LogP contribution in [0.3, 0.4) is 0 Å². The molecule has 2 aromatic carbocycles. The van der Waals surface area contributed by atoms with Crippen molar-refractivity contribution in [2.45, 2.75) is 25.4 Å². The molecule has 1 amide bonds. The van der Waals surface area contributed by atoms with Gasteiger partial charge >= 0.3 is 0 Å². The van der Waals surface area contributed by atoms with Gasteiger partial charge in [0.25, 0.3) is 5.91 Å². The SMILES string of the molecule is O=C(C#Cc1ccccc1)N1CCC[C@H](N2CCN(Cc3ccc4c(c3)OCO4)CC2)C1. The minimum atomic E-state index is -0.0556. The first kappa shape index (κ1) is 20.9. The van der Waals surface area contributed by atoms with Crippen LogP contribution >= 0.6 is 0 Å². The third-order valence-corrected chi connectivity index (χ3v) is 6.54. The zero-order valence-corrected chi connectivity index (χ0v) is 18.3. The Balaban J connectivity index is 1.12. The molecule has 6 nitrogen and oxygen atoms in total. The number of piperazine rings is 1. The molecule has 3 aliphatic heterocycles. The fraction of sp³-hybridized carbons (Fsp3) is 0.423. The van der Waals surface area contributed by atoms with Crippen molar-refractivity contribution >= 4 is 5.91 Å². The van der Waals surface area contributed by atoms with E-state index in [2.05, 4.69) is 33.8 Å². The summed E-state index contributed by atoms with van der Waals surface area (Å²) in [6, 6.07) is 16.4. The third-order valence-electron chi connectivity index (χ3n) is 6.54. The number of rotatable bonds is 3. The highest BCUT2D eigenvalue weighted by Gasteiger charge is 2.29. The van der Waals surface area contributed by atoms with Crippen molar-refractivity contribution < 1.29 is 14.3 Å². The van der Waals surface area contributed by atoms with Crippen molar-refractivity contribution in [1.29, 1.82) is 0 Å². The number of benzene rings is 2. The first-order chi connectivity index (χ1) is 15.7. The second kappa shape index (κ2) is 9.64. The smallest absolute Gasteiger partial charge is 0.298 e. The fourth-order valence-corrected chi connectivity index (χ4v) is 4.75. The van der Waals surface area contributed by atoms with Crippen molar-refractivity contribution in [2.24, 2.45) is 0 Å². The van der Waals surface area contributed by atoms with Gasteiger partial charge in [-0.3, -0.25) is 14.6 Å². The number of nitrogens with zero attached hydrogens (tertiary/aromatic N) is 3. The van der Waals surface area contributed by atoms with Crippen molar-refractivity contribution in [2.75, 3.05) is 46.1 Å². The number of carbonyl (C=O) groups is 1. The highest BCUT2D eigenvalue weighted by atomic mass is 16.7. The van der Waals surface area contributed by atoms with Crippen LogP contribution in [0.1, 0.15) is 24.0 Å². The summed E-state index contributed by atoms with van der Waals surface area (Å²) in [5, 5.41) is 0. The molecular weight excluding hydrogens is 402 g/mol. The van der Waals surface area contributed by atoms with Gasteiger partial charge in [-0.05, 0) is 42.7 Å². The van der Waals surface area contributed by atoms with Gasteiger partial charge in [-0.25, -0.2) is 0 Å². The predicted octanol–water partition coefficient (Wildman–Crippen LogP) is 2.58. The Morgan fingerprint density at radius 2 is 1.78 bits per heavy atom. The zero-order chi connectivity index (χ0) is 21.8. The quantitative estimate of drug-likeness (QED) is 0.699. The maximum absolute atomic E-state index is 12.6. The van der Waals surface area contributed by atoms with Gasteiger partial charge in [-0.15, -0.1) is 0 Å². The zero-order valence-electron chi connectivity index (χ0n) is 18.3. The second-order valence-corrected chi connectivity index (χ2v) is 8.66. The van der Waals surface area contributed by atoms with E-state index in [1.54, 1.807) is 0 Å². The van der Waals surface area contributed by atoms with Gasteiger partial charge in [0.05, 0.1) is 0 Å². The Labute approximate surface area is 189 Å². The van der Waals surface area contributed by atoms with E-state index in [1.165, 1.54) is 5.56 Å². The number of hydrogen-bond donors (Lipinski definition) is 0. The molecule has 0 N–H and O–H groups in total. The van der Waals surface area contributed by atoms with Crippen molar-refractivity contribution in [3.05, 3.63) is 59.7 Å². The molecule has 0 spiro atoms. The van der Waals surface area contributed by atoms with Crippen LogP contribution < -0.4 is 9.47 Å². The van der Waals surface area contributed by atoms with Gasteiger partial charge in [0.2, 0.25) is 6.79 Å². The van der Waals surface area contributed by atoms with E-state index in [9.17, 15) is 4.79 Å². The lowest BCUT2D eigenvalue weighted by Crippen LogP contribution is -2.55. The van der Waals surface area contributed by atoms with Crippen molar-refractivity contribution in [1.82, 2.24) is 14.7 Å². The van der Waals surface area contributed by atoms with Gasteiger partial charge in [0.1, 0.15) is 0 Å². The molecule has 5 rings (SSSR count). The topological polar surface area (TPSA) is 45.3 Å². The van der Waals surface area contributed by atoms with Crippen LogP contribution in [0.15, 0.2) is 48.5 Å². The summed E-state index contributed by atoms with van der Waals surface area (Å²) < 4.78 is 10.9. The lowest BCUT2D eigenvalue weighted by atomic mass is 10.0. The molecule has 2 fully saturated rings. The molecule has 2 saturated heterocycles. The number of carbonyl (C=O) groups excluding carboxylic acids is 1. The summed E-state index contributed by atoms with van der Waals surface area (Å²) in [5.41, 5.74) is 2.14. The van der Waals surface area contributed by atoms with E-state index in [-0.39, 0.29) is 5.91 Å². The average molecular weight is 432 g/mol. The summed E-state index contributed by atoms with van der Waals surface area (Å²) in [5.74, 6) is 7.47. The summed E-state index contributed by atoms with van der Waals surface area (Å²) in [4.78, 5) is 19.6. The van der Waals surface area contributed by atoms with Gasteiger partial charge in [0, 0.05) is 63.3 Å². The molecule has 32 heavy (non-hydrogen) atoms. The molecular formula is C26H29N3O3. The predicted molar refractivity (Wildman–Crippen MR) is 122 cm³/mol. The largest absolute Gasteiger partial charge is 0.454 e. The van der Waals surface area contributed by atoms with Gasteiger partial charge in [-0.1, -0.05) is 30.2 Å². The Bertz CT molecular complexity index is 1010. The van der Waals surface area contributed by atoms with Crippen LogP contribution in [0.4, 0.5) is 0 Å². The number of ether oxygens (including phenoxy) is 2. The molecule has 3 heterocycles. The van der Waals surface area contributed by atoms with Crippen molar-refractivity contribution in [3.8, 4) is 23.3 Å². The lowest BCUT2D eigenvalue weighted by Gasteiger charge is -2.43. The minimum absolute atomic E-state index is 0.0556. The average Bonchev–Trinajstić information content (AvgIpc) is 3.32. The Morgan fingerprint density at radius 3 is 2.62 bits per heavy atom. The molecule has 0 aromatic heterocycles. The maximum Gasteiger partial charge on any atom is 0.298 e. The Kier molecular flexibility index (Phi) is 6.29. The third kappa shape index (κ3) is 4.90. The summed E-state index contributed by atoms with van der Waals surface area (Å²) in [6.45, 7) is 6.97. The minimum Gasteiger partial charge on any atom is -0.454 e. The van der Waals surface area contributed by atoms with E-state index in [0.29, 0.717) is 12.8 Å². The highest BCUT2D eigenvalue weighted by molar-refractivity contribution is 5.94. The molecule has 0 unspecified atom stereocenters. The number of hydrogen-bond acceptors (Lipinski definition) is 5. The number of piperidine rings is 1. The van der Waals surface area contributed by atoms with Crippen LogP contribution in [-0.2, 0) is 11.3 Å². The van der Waals surface area contributed by atoms with Crippen LogP contribution in [-0.4, -0.2) is 72.7 Å². The summed E-state index contributed by atoms with van der Waals surface area (Å²) in [6.07, 6.45) is 2.19. The molecule has 0 radical (unpaired) electrons. The highest BCUT2D eigenvalue weighted by Crippen LogP contribution is 2.33.